The van der Waals surface area contributed by atoms with Crippen LogP contribution in [0, 0.1) is 0 Å². The van der Waals surface area contributed by atoms with Crippen LogP contribution in [0.1, 0.15) is 27.6 Å². The number of nitrogens with one attached hydrogen (secondary N) is 1. The SMILES string of the molecule is COCC(C)Oc1cc(Oc2ccc(C(=O)ON)cc2)cc(C(=O)Nc2ccn(C)n2)c1. The first kappa shape index (κ1) is 22.8. The van der Waals surface area contributed by atoms with Gasteiger partial charge in [0.05, 0.1) is 12.2 Å². The highest BCUT2D eigenvalue weighted by Crippen LogP contribution is 2.29. The van der Waals surface area contributed by atoms with E-state index in [4.69, 9.17) is 20.1 Å². The van der Waals surface area contributed by atoms with E-state index in [0.717, 1.165) is 0 Å². The van der Waals surface area contributed by atoms with Crippen LogP contribution in [-0.4, -0.2) is 41.5 Å². The van der Waals surface area contributed by atoms with Gasteiger partial charge in [0.15, 0.2) is 5.82 Å². The van der Waals surface area contributed by atoms with Gasteiger partial charge in [0.1, 0.15) is 23.4 Å². The Labute approximate surface area is 184 Å². The number of nitrogens with zero attached hydrogens (tertiary/aromatic N) is 2. The molecule has 1 amide bonds. The Hall–Kier alpha value is -3.89. The van der Waals surface area contributed by atoms with Gasteiger partial charge in [-0.1, -0.05) is 0 Å². The predicted octanol–water partition coefficient (Wildman–Crippen LogP) is 2.91. The van der Waals surface area contributed by atoms with Crippen LogP contribution in [0.2, 0.25) is 0 Å². The fourth-order valence-electron chi connectivity index (χ4n) is 2.86. The van der Waals surface area contributed by atoms with Crippen molar-refractivity contribution in [2.75, 3.05) is 19.0 Å². The fraction of sp³-hybridized carbons (Fsp3) is 0.227. The molecule has 1 aromatic heterocycles. The monoisotopic (exact) mass is 440 g/mol. The Bertz CT molecular complexity index is 1080. The van der Waals surface area contributed by atoms with Crippen molar-refractivity contribution >= 4 is 17.7 Å². The van der Waals surface area contributed by atoms with E-state index >= 15 is 0 Å². The lowest BCUT2D eigenvalue weighted by molar-refractivity contribution is 0.0503. The summed E-state index contributed by atoms with van der Waals surface area (Å²) in [6.45, 7) is 2.22. The lowest BCUT2D eigenvalue weighted by atomic mass is 10.1. The summed E-state index contributed by atoms with van der Waals surface area (Å²) >= 11 is 0. The van der Waals surface area contributed by atoms with Gasteiger partial charge >= 0.3 is 5.97 Å². The van der Waals surface area contributed by atoms with Crippen LogP contribution in [-0.2, 0) is 16.6 Å². The van der Waals surface area contributed by atoms with Crippen molar-refractivity contribution in [2.45, 2.75) is 13.0 Å². The average molecular weight is 440 g/mol. The highest BCUT2D eigenvalue weighted by Gasteiger charge is 2.14. The molecule has 2 aromatic carbocycles. The zero-order valence-electron chi connectivity index (χ0n) is 17.9. The number of carbonyl (C=O) groups excluding carboxylic acids is 2. The van der Waals surface area contributed by atoms with Crippen molar-refractivity contribution in [2.24, 2.45) is 12.9 Å². The molecule has 1 atom stereocenters. The lowest BCUT2D eigenvalue weighted by Crippen LogP contribution is -2.18. The maximum atomic E-state index is 12.8. The number of anilines is 1. The summed E-state index contributed by atoms with van der Waals surface area (Å²) < 4.78 is 18.4. The number of aromatic nitrogens is 2. The van der Waals surface area contributed by atoms with E-state index in [2.05, 4.69) is 15.3 Å². The van der Waals surface area contributed by atoms with E-state index in [0.29, 0.717) is 35.2 Å². The van der Waals surface area contributed by atoms with Crippen LogP contribution >= 0.6 is 0 Å². The second-order valence-corrected chi connectivity index (χ2v) is 6.94. The van der Waals surface area contributed by atoms with Crippen LogP contribution in [0.3, 0.4) is 0 Å². The Morgan fingerprint density at radius 3 is 2.41 bits per heavy atom. The molecule has 0 fully saturated rings. The zero-order chi connectivity index (χ0) is 23.1. The third kappa shape index (κ3) is 6.06. The van der Waals surface area contributed by atoms with E-state index in [-0.39, 0.29) is 17.6 Å². The molecule has 168 valence electrons. The molecule has 0 radical (unpaired) electrons. The first-order valence-electron chi connectivity index (χ1n) is 9.68. The van der Waals surface area contributed by atoms with E-state index in [1.165, 1.54) is 12.1 Å². The molecule has 1 heterocycles. The van der Waals surface area contributed by atoms with Crippen LogP contribution in [0.25, 0.3) is 0 Å². The molecule has 0 saturated carbocycles. The zero-order valence-corrected chi connectivity index (χ0v) is 17.9. The molecule has 0 aliphatic heterocycles. The Morgan fingerprint density at radius 1 is 1.06 bits per heavy atom. The first-order valence-corrected chi connectivity index (χ1v) is 9.68. The second kappa shape index (κ2) is 10.4. The number of hydrogen-bond acceptors (Lipinski definition) is 8. The number of nitrogens with two attached hydrogens (primary N) is 1. The van der Waals surface area contributed by atoms with Gasteiger partial charge in [-0.15, -0.1) is 0 Å². The molecule has 0 aliphatic rings. The average Bonchev–Trinajstić information content (AvgIpc) is 3.18. The van der Waals surface area contributed by atoms with Crippen molar-refractivity contribution in [1.82, 2.24) is 9.78 Å². The minimum absolute atomic E-state index is 0.247. The number of amides is 1. The van der Waals surface area contributed by atoms with Crippen molar-refractivity contribution in [1.29, 1.82) is 0 Å². The van der Waals surface area contributed by atoms with E-state index in [1.807, 2.05) is 6.92 Å². The smallest absolute Gasteiger partial charge is 0.356 e. The summed E-state index contributed by atoms with van der Waals surface area (Å²) in [5.74, 6) is 5.52. The minimum atomic E-state index is -0.660. The number of aryl methyl sites for hydroxylation is 1. The van der Waals surface area contributed by atoms with Gasteiger partial charge in [-0.25, -0.2) is 4.79 Å². The molecule has 3 N–H and O–H groups in total. The maximum Gasteiger partial charge on any atom is 0.356 e. The van der Waals surface area contributed by atoms with Crippen molar-refractivity contribution in [3.63, 3.8) is 0 Å². The molecule has 1 unspecified atom stereocenters. The summed E-state index contributed by atoms with van der Waals surface area (Å²) in [5, 5.41) is 6.88. The predicted molar refractivity (Wildman–Crippen MR) is 116 cm³/mol. The third-order valence-electron chi connectivity index (χ3n) is 4.27. The van der Waals surface area contributed by atoms with Gasteiger partial charge in [-0.05, 0) is 43.3 Å². The van der Waals surface area contributed by atoms with Gasteiger partial charge in [0.2, 0.25) is 0 Å². The van der Waals surface area contributed by atoms with Crippen molar-refractivity contribution < 1.29 is 28.6 Å². The van der Waals surface area contributed by atoms with E-state index in [1.54, 1.807) is 61.4 Å². The number of rotatable bonds is 9. The highest BCUT2D eigenvalue weighted by atomic mass is 16.7. The lowest BCUT2D eigenvalue weighted by Gasteiger charge is -2.16. The molecule has 10 heteroatoms. The third-order valence-corrected chi connectivity index (χ3v) is 4.27. The van der Waals surface area contributed by atoms with Crippen LogP contribution in [0.4, 0.5) is 5.82 Å². The number of hydrogen-bond donors (Lipinski definition) is 2. The standard InChI is InChI=1S/C22H24N4O6/c1-14(13-29-3)30-18-10-16(21(27)24-20-8-9-26(2)25-20)11-19(12-18)31-17-6-4-15(5-7-17)22(28)32-23/h4-12,14H,13,23H2,1-3H3,(H,24,25,27). The van der Waals surface area contributed by atoms with Crippen molar-refractivity contribution in [3.8, 4) is 17.2 Å². The van der Waals surface area contributed by atoms with Gasteiger partial charge in [-0.3, -0.25) is 9.48 Å². The number of ether oxygens (including phenoxy) is 3. The first-order chi connectivity index (χ1) is 15.4. The minimum Gasteiger partial charge on any atom is -0.488 e. The van der Waals surface area contributed by atoms with Gasteiger partial charge < -0.3 is 24.4 Å². The van der Waals surface area contributed by atoms with Crippen LogP contribution < -0.4 is 20.7 Å². The summed E-state index contributed by atoms with van der Waals surface area (Å²) in [6.07, 6.45) is 1.48. The highest BCUT2D eigenvalue weighted by molar-refractivity contribution is 6.04. The Kier molecular flexibility index (Phi) is 7.42. The van der Waals surface area contributed by atoms with Crippen molar-refractivity contribution in [3.05, 3.63) is 65.9 Å². The molecule has 0 aliphatic carbocycles. The Morgan fingerprint density at radius 2 is 1.78 bits per heavy atom. The van der Waals surface area contributed by atoms with E-state index < -0.39 is 5.97 Å². The van der Waals surface area contributed by atoms with E-state index in [9.17, 15) is 9.59 Å². The quantitative estimate of drug-likeness (QED) is 0.486. The summed E-state index contributed by atoms with van der Waals surface area (Å²) in [6, 6.07) is 12.7. The molecular formula is C22H24N4O6. The second-order valence-electron chi connectivity index (χ2n) is 6.94. The maximum absolute atomic E-state index is 12.8. The summed E-state index contributed by atoms with van der Waals surface area (Å²) in [5.41, 5.74) is 0.594. The molecule has 3 rings (SSSR count). The molecule has 10 nitrogen and oxygen atoms in total. The number of benzene rings is 2. The van der Waals surface area contributed by atoms with Gasteiger partial charge in [-0.2, -0.15) is 11.0 Å². The fourth-order valence-corrected chi connectivity index (χ4v) is 2.86. The normalized spacial score (nSPS) is 11.5. The summed E-state index contributed by atoms with van der Waals surface area (Å²) in [4.78, 5) is 28.5. The molecular weight excluding hydrogens is 416 g/mol. The molecule has 0 saturated heterocycles. The van der Waals surface area contributed by atoms with Crippen LogP contribution in [0.15, 0.2) is 54.7 Å². The largest absolute Gasteiger partial charge is 0.488 e. The Balaban J connectivity index is 1.85. The number of carbonyl (C=O) groups is 2. The number of methoxy groups -OCH3 is 1. The van der Waals surface area contributed by atoms with Gasteiger partial charge in [0, 0.05) is 38.1 Å². The van der Waals surface area contributed by atoms with Crippen LogP contribution in [0.5, 0.6) is 17.2 Å². The molecule has 3 aromatic rings. The van der Waals surface area contributed by atoms with Gasteiger partial charge in [0.25, 0.3) is 5.91 Å². The summed E-state index contributed by atoms with van der Waals surface area (Å²) in [7, 11) is 3.33. The molecule has 0 bridgehead atoms. The molecule has 32 heavy (non-hydrogen) atoms. The molecule has 0 spiro atoms. The topological polar surface area (TPSA) is 127 Å².